The van der Waals surface area contributed by atoms with Crippen molar-refractivity contribution in [3.63, 3.8) is 0 Å². The van der Waals surface area contributed by atoms with Gasteiger partial charge in [0.2, 0.25) is 5.91 Å². The quantitative estimate of drug-likeness (QED) is 0.651. The predicted molar refractivity (Wildman–Crippen MR) is 97.7 cm³/mol. The Hall–Kier alpha value is -2.29. The molecule has 0 aliphatic heterocycles. The number of carbonyl (C=O) groups excluding carboxylic acids is 2. The lowest BCUT2D eigenvalue weighted by molar-refractivity contribution is -0.137. The third kappa shape index (κ3) is 5.37. The van der Waals surface area contributed by atoms with Crippen molar-refractivity contribution >= 4 is 35.0 Å². The van der Waals surface area contributed by atoms with Gasteiger partial charge in [-0.1, -0.05) is 41.4 Å². The molecule has 2 aromatic carbocycles. The summed E-state index contributed by atoms with van der Waals surface area (Å²) < 4.78 is 37.8. The first-order valence-electron chi connectivity index (χ1n) is 7.88. The minimum Gasteiger partial charge on any atom is -0.378 e. The van der Waals surface area contributed by atoms with E-state index < -0.39 is 35.7 Å². The van der Waals surface area contributed by atoms with E-state index in [0.717, 1.165) is 24.3 Å². The van der Waals surface area contributed by atoms with Crippen LogP contribution in [0.25, 0.3) is 0 Å². The average Bonchev–Trinajstić information content (AvgIpc) is 2.62. The number of benzene rings is 2. The fraction of sp³-hybridized carbons (Fsp3) is 0.222. The van der Waals surface area contributed by atoms with Crippen molar-refractivity contribution in [2.24, 2.45) is 5.73 Å². The summed E-state index contributed by atoms with van der Waals surface area (Å²) >= 11 is 12.1. The number of rotatable bonds is 6. The maximum absolute atomic E-state index is 12.6. The van der Waals surface area contributed by atoms with Crippen LogP contribution in [-0.2, 0) is 22.2 Å². The maximum Gasteiger partial charge on any atom is 0.416 e. The number of carbonyl (C=O) groups is 2. The summed E-state index contributed by atoms with van der Waals surface area (Å²) in [7, 11) is 0. The number of hydrogen-bond donors (Lipinski definition) is 3. The standard InChI is InChI=1S/C18H15Cl2F3N2O3/c19-12-2-1-3-13(20)11(12)8-14(16(24)27)25-17(28)15(26)9-4-6-10(7-5-9)18(21,22)23/h1-7,14-15,26H,8H2,(H2,24,27)(H,25,28)/t14-,15+/m1/s1. The summed E-state index contributed by atoms with van der Waals surface area (Å²) in [6, 6.07) is 6.85. The van der Waals surface area contributed by atoms with Crippen LogP contribution in [0.15, 0.2) is 42.5 Å². The highest BCUT2D eigenvalue weighted by Gasteiger charge is 2.31. The van der Waals surface area contributed by atoms with E-state index in [2.05, 4.69) is 5.32 Å². The van der Waals surface area contributed by atoms with Crippen molar-refractivity contribution in [2.45, 2.75) is 24.7 Å². The molecule has 0 saturated heterocycles. The lowest BCUT2D eigenvalue weighted by Crippen LogP contribution is -2.47. The molecule has 0 aliphatic rings. The highest BCUT2D eigenvalue weighted by molar-refractivity contribution is 6.36. The molecule has 0 fully saturated rings. The number of alkyl halides is 3. The zero-order valence-electron chi connectivity index (χ0n) is 14.1. The fourth-order valence-electron chi connectivity index (χ4n) is 2.41. The number of nitrogens with two attached hydrogens (primary N) is 1. The molecule has 5 nitrogen and oxygen atoms in total. The first-order chi connectivity index (χ1) is 13.0. The summed E-state index contributed by atoms with van der Waals surface area (Å²) in [5.74, 6) is -1.91. The van der Waals surface area contributed by atoms with Gasteiger partial charge in [0.15, 0.2) is 6.10 Å². The summed E-state index contributed by atoms with van der Waals surface area (Å²) in [5.41, 5.74) is 4.66. The van der Waals surface area contributed by atoms with Crippen molar-refractivity contribution in [2.75, 3.05) is 0 Å². The minimum absolute atomic E-state index is 0.0792. The second-order valence-corrected chi connectivity index (χ2v) is 6.70. The molecule has 0 bridgehead atoms. The average molecular weight is 435 g/mol. The van der Waals surface area contributed by atoms with E-state index in [4.69, 9.17) is 28.9 Å². The monoisotopic (exact) mass is 434 g/mol. The van der Waals surface area contributed by atoms with Crippen molar-refractivity contribution in [1.29, 1.82) is 0 Å². The van der Waals surface area contributed by atoms with Gasteiger partial charge < -0.3 is 16.2 Å². The predicted octanol–water partition coefficient (Wildman–Crippen LogP) is 3.26. The van der Waals surface area contributed by atoms with Crippen molar-refractivity contribution < 1.29 is 27.9 Å². The summed E-state index contributed by atoms with van der Waals surface area (Å²) in [6.45, 7) is 0. The van der Waals surface area contributed by atoms with Crippen LogP contribution in [0.2, 0.25) is 10.0 Å². The molecule has 2 aromatic rings. The van der Waals surface area contributed by atoms with Gasteiger partial charge in [-0.2, -0.15) is 13.2 Å². The Labute approximate surface area is 168 Å². The van der Waals surface area contributed by atoms with E-state index >= 15 is 0 Å². The largest absolute Gasteiger partial charge is 0.416 e. The van der Waals surface area contributed by atoms with Crippen molar-refractivity contribution in [3.05, 3.63) is 69.2 Å². The van der Waals surface area contributed by atoms with Crippen LogP contribution < -0.4 is 11.1 Å². The number of nitrogens with one attached hydrogen (secondary N) is 1. The topological polar surface area (TPSA) is 92.4 Å². The lowest BCUT2D eigenvalue weighted by Gasteiger charge is -2.19. The minimum atomic E-state index is -4.54. The number of aliphatic hydroxyl groups is 1. The molecule has 2 rings (SSSR count). The third-order valence-electron chi connectivity index (χ3n) is 3.93. The van der Waals surface area contributed by atoms with E-state index in [1.165, 1.54) is 0 Å². The van der Waals surface area contributed by atoms with Gasteiger partial charge in [-0.3, -0.25) is 9.59 Å². The van der Waals surface area contributed by atoms with Crippen LogP contribution in [-0.4, -0.2) is 23.0 Å². The third-order valence-corrected chi connectivity index (χ3v) is 4.64. The Morgan fingerprint density at radius 3 is 2.07 bits per heavy atom. The van der Waals surface area contributed by atoms with Gasteiger partial charge in [0.25, 0.3) is 5.91 Å². The van der Waals surface area contributed by atoms with Gasteiger partial charge in [-0.05, 0) is 35.4 Å². The van der Waals surface area contributed by atoms with Gasteiger partial charge in [0.05, 0.1) is 5.56 Å². The van der Waals surface area contributed by atoms with Crippen LogP contribution in [0, 0.1) is 0 Å². The van der Waals surface area contributed by atoms with Crippen LogP contribution in [0.1, 0.15) is 22.8 Å². The molecular weight excluding hydrogens is 420 g/mol. The van der Waals surface area contributed by atoms with Gasteiger partial charge in [-0.15, -0.1) is 0 Å². The van der Waals surface area contributed by atoms with Gasteiger partial charge in [0.1, 0.15) is 6.04 Å². The van der Waals surface area contributed by atoms with E-state index in [1.807, 2.05) is 0 Å². The number of amides is 2. The summed E-state index contributed by atoms with van der Waals surface area (Å²) in [4.78, 5) is 23.9. The molecule has 28 heavy (non-hydrogen) atoms. The highest BCUT2D eigenvalue weighted by Crippen LogP contribution is 2.30. The van der Waals surface area contributed by atoms with E-state index in [9.17, 15) is 27.9 Å². The first-order valence-corrected chi connectivity index (χ1v) is 8.64. The molecule has 0 spiro atoms. The molecule has 0 unspecified atom stereocenters. The zero-order chi connectivity index (χ0) is 21.1. The normalized spacial score (nSPS) is 13.6. The fourth-order valence-corrected chi connectivity index (χ4v) is 2.96. The number of halogens is 5. The Balaban J connectivity index is 2.14. The Bertz CT molecular complexity index is 853. The lowest BCUT2D eigenvalue weighted by atomic mass is 10.0. The number of aliphatic hydroxyl groups excluding tert-OH is 1. The molecule has 2 atom stereocenters. The second kappa shape index (κ2) is 8.81. The van der Waals surface area contributed by atoms with Crippen molar-refractivity contribution in [3.8, 4) is 0 Å². The van der Waals surface area contributed by atoms with Crippen LogP contribution in [0.4, 0.5) is 13.2 Å². The molecule has 0 heterocycles. The molecule has 0 radical (unpaired) electrons. The maximum atomic E-state index is 12.6. The van der Waals surface area contributed by atoms with Crippen LogP contribution >= 0.6 is 23.2 Å². The molecule has 4 N–H and O–H groups in total. The van der Waals surface area contributed by atoms with E-state index in [1.54, 1.807) is 18.2 Å². The first kappa shape index (κ1) is 22.0. The Kier molecular flexibility index (Phi) is 6.92. The molecule has 0 saturated carbocycles. The Morgan fingerprint density at radius 1 is 1.07 bits per heavy atom. The zero-order valence-corrected chi connectivity index (χ0v) is 15.6. The van der Waals surface area contributed by atoms with E-state index in [-0.39, 0.29) is 22.0 Å². The second-order valence-electron chi connectivity index (χ2n) is 5.89. The molecule has 10 heteroatoms. The molecular formula is C18H15Cl2F3N2O3. The molecule has 0 aromatic heterocycles. The van der Waals surface area contributed by atoms with E-state index in [0.29, 0.717) is 5.56 Å². The summed E-state index contributed by atoms with van der Waals surface area (Å²) in [5, 5.41) is 12.9. The van der Waals surface area contributed by atoms with Gasteiger partial charge in [0, 0.05) is 16.5 Å². The Morgan fingerprint density at radius 2 is 1.61 bits per heavy atom. The molecule has 150 valence electrons. The molecule has 0 aliphatic carbocycles. The van der Waals surface area contributed by atoms with Gasteiger partial charge >= 0.3 is 6.18 Å². The van der Waals surface area contributed by atoms with Crippen LogP contribution in [0.3, 0.4) is 0 Å². The molecule has 2 amide bonds. The smallest absolute Gasteiger partial charge is 0.378 e. The number of hydrogen-bond acceptors (Lipinski definition) is 3. The SMILES string of the molecule is NC(=O)[C@@H](Cc1c(Cl)cccc1Cl)NC(=O)[C@@H](O)c1ccc(C(F)(F)F)cc1. The number of primary amides is 1. The van der Waals surface area contributed by atoms with Gasteiger partial charge in [-0.25, -0.2) is 0 Å². The highest BCUT2D eigenvalue weighted by atomic mass is 35.5. The van der Waals surface area contributed by atoms with Crippen molar-refractivity contribution in [1.82, 2.24) is 5.32 Å². The van der Waals surface area contributed by atoms with Crippen LogP contribution in [0.5, 0.6) is 0 Å². The summed E-state index contributed by atoms with van der Waals surface area (Å²) in [6.07, 6.45) is -6.47.